The van der Waals surface area contributed by atoms with Crippen molar-refractivity contribution in [3.63, 3.8) is 0 Å². The Hall–Kier alpha value is -0.970. The van der Waals surface area contributed by atoms with E-state index in [9.17, 15) is 9.59 Å². The van der Waals surface area contributed by atoms with E-state index < -0.39 is 18.1 Å². The van der Waals surface area contributed by atoms with Crippen molar-refractivity contribution in [1.82, 2.24) is 5.32 Å². The number of ether oxygens (including phenoxy) is 1. The number of carbonyl (C=O) groups is 2. The van der Waals surface area contributed by atoms with E-state index in [1.54, 1.807) is 6.92 Å². The van der Waals surface area contributed by atoms with E-state index in [4.69, 9.17) is 16.7 Å². The summed E-state index contributed by atoms with van der Waals surface area (Å²) in [5, 5.41) is 11.1. The second-order valence-electron chi connectivity index (χ2n) is 2.94. The summed E-state index contributed by atoms with van der Waals surface area (Å²) in [5.41, 5.74) is 0. The van der Waals surface area contributed by atoms with Gasteiger partial charge in [0.05, 0.1) is 6.61 Å². The van der Waals surface area contributed by atoms with Crippen molar-refractivity contribution in [2.45, 2.75) is 32.2 Å². The number of hydrogen-bond acceptors (Lipinski definition) is 3. The van der Waals surface area contributed by atoms with Gasteiger partial charge in [-0.25, -0.2) is 9.59 Å². The van der Waals surface area contributed by atoms with E-state index in [0.717, 1.165) is 6.42 Å². The Morgan fingerprint density at radius 2 is 2.13 bits per heavy atom. The zero-order valence-corrected chi connectivity index (χ0v) is 9.42. The number of rotatable bonds is 7. The van der Waals surface area contributed by atoms with Gasteiger partial charge >= 0.3 is 12.1 Å². The molecular weight excluding hydrogens is 222 g/mol. The molecule has 0 radical (unpaired) electrons. The van der Waals surface area contributed by atoms with Gasteiger partial charge in [-0.1, -0.05) is 0 Å². The predicted molar refractivity (Wildman–Crippen MR) is 56.2 cm³/mol. The van der Waals surface area contributed by atoms with E-state index in [1.165, 1.54) is 0 Å². The number of amides is 1. The number of carbonyl (C=O) groups excluding carboxylic acids is 1. The quantitative estimate of drug-likeness (QED) is 0.521. The molecule has 6 heteroatoms. The number of unbranched alkanes of at least 4 members (excludes halogenated alkanes) is 1. The number of alkyl halides is 1. The highest BCUT2D eigenvalue weighted by Gasteiger charge is 2.19. The topological polar surface area (TPSA) is 75.6 Å². The number of carboxylic acid groups (broad SMARTS) is 1. The van der Waals surface area contributed by atoms with Gasteiger partial charge in [0.25, 0.3) is 0 Å². The highest BCUT2D eigenvalue weighted by Crippen LogP contribution is 2.03. The van der Waals surface area contributed by atoms with Crippen molar-refractivity contribution in [3.8, 4) is 0 Å². The minimum absolute atomic E-state index is 0.222. The minimum Gasteiger partial charge on any atom is -0.480 e. The lowest BCUT2D eigenvalue weighted by molar-refractivity contribution is -0.139. The third-order valence-electron chi connectivity index (χ3n) is 1.74. The first-order valence-corrected chi connectivity index (χ1v) is 5.37. The molecule has 2 N–H and O–H groups in total. The minimum atomic E-state index is -1.06. The molecule has 0 aliphatic carbocycles. The van der Waals surface area contributed by atoms with Crippen LogP contribution in [-0.2, 0) is 9.53 Å². The number of hydrogen-bond donors (Lipinski definition) is 2. The van der Waals surface area contributed by atoms with Crippen LogP contribution in [0, 0.1) is 0 Å². The van der Waals surface area contributed by atoms with Crippen LogP contribution in [0.5, 0.6) is 0 Å². The van der Waals surface area contributed by atoms with E-state index in [2.05, 4.69) is 10.1 Å². The molecule has 1 amide bonds. The summed E-state index contributed by atoms with van der Waals surface area (Å²) in [6.45, 7) is 1.88. The fraction of sp³-hybridized carbons (Fsp3) is 0.778. The summed E-state index contributed by atoms with van der Waals surface area (Å²) >= 11 is 5.46. The summed E-state index contributed by atoms with van der Waals surface area (Å²) in [6.07, 6.45) is 1.06. The van der Waals surface area contributed by atoms with Crippen LogP contribution in [0.2, 0.25) is 0 Å². The van der Waals surface area contributed by atoms with Crippen LogP contribution in [0.3, 0.4) is 0 Å². The van der Waals surface area contributed by atoms with E-state index >= 15 is 0 Å². The molecule has 0 saturated heterocycles. The second-order valence-corrected chi connectivity index (χ2v) is 3.32. The van der Waals surface area contributed by atoms with Crippen molar-refractivity contribution in [2.24, 2.45) is 0 Å². The van der Waals surface area contributed by atoms with Gasteiger partial charge in [-0.2, -0.15) is 0 Å². The third-order valence-corrected chi connectivity index (χ3v) is 2.01. The van der Waals surface area contributed by atoms with Crippen molar-refractivity contribution in [1.29, 1.82) is 0 Å². The van der Waals surface area contributed by atoms with Gasteiger partial charge in [0.2, 0.25) is 0 Å². The van der Waals surface area contributed by atoms with E-state index in [-0.39, 0.29) is 6.61 Å². The molecule has 0 heterocycles. The molecule has 15 heavy (non-hydrogen) atoms. The van der Waals surface area contributed by atoms with Crippen LogP contribution in [0.1, 0.15) is 26.2 Å². The van der Waals surface area contributed by atoms with Gasteiger partial charge in [0, 0.05) is 5.88 Å². The van der Waals surface area contributed by atoms with Crippen LogP contribution >= 0.6 is 11.6 Å². The number of nitrogens with one attached hydrogen (secondary N) is 1. The van der Waals surface area contributed by atoms with Crippen molar-refractivity contribution in [2.75, 3.05) is 12.5 Å². The largest absolute Gasteiger partial charge is 0.480 e. The van der Waals surface area contributed by atoms with E-state index in [1.807, 2.05) is 0 Å². The summed E-state index contributed by atoms with van der Waals surface area (Å²) < 4.78 is 4.59. The highest BCUT2D eigenvalue weighted by atomic mass is 35.5. The maximum atomic E-state index is 11.0. The molecule has 0 fully saturated rings. The fourth-order valence-corrected chi connectivity index (χ4v) is 1.20. The van der Waals surface area contributed by atoms with Gasteiger partial charge in [-0.15, -0.1) is 11.6 Å². The number of aliphatic carboxylic acids is 1. The van der Waals surface area contributed by atoms with Crippen molar-refractivity contribution in [3.05, 3.63) is 0 Å². The molecule has 88 valence electrons. The molecule has 0 spiro atoms. The average molecular weight is 238 g/mol. The molecule has 0 aliphatic rings. The Morgan fingerprint density at radius 1 is 1.47 bits per heavy atom. The monoisotopic (exact) mass is 237 g/mol. The van der Waals surface area contributed by atoms with Crippen LogP contribution in [0.4, 0.5) is 4.79 Å². The van der Waals surface area contributed by atoms with Crippen LogP contribution in [0.15, 0.2) is 0 Å². The first-order valence-electron chi connectivity index (χ1n) is 4.83. The molecular formula is C9H16ClNO4. The molecule has 5 nitrogen and oxygen atoms in total. The van der Waals surface area contributed by atoms with Crippen LogP contribution < -0.4 is 5.32 Å². The highest BCUT2D eigenvalue weighted by molar-refractivity contribution is 6.17. The first kappa shape index (κ1) is 14.0. The fourth-order valence-electron chi connectivity index (χ4n) is 1.02. The summed E-state index contributed by atoms with van der Waals surface area (Å²) in [7, 11) is 0. The number of halogens is 1. The van der Waals surface area contributed by atoms with Crippen molar-refractivity contribution >= 4 is 23.7 Å². The average Bonchev–Trinajstić information content (AvgIpc) is 2.16. The van der Waals surface area contributed by atoms with E-state index in [0.29, 0.717) is 18.7 Å². The maximum absolute atomic E-state index is 11.0. The Labute approximate surface area is 93.7 Å². The first-order chi connectivity index (χ1) is 7.11. The predicted octanol–water partition coefficient (Wildman–Crippen LogP) is 1.59. The Bertz CT molecular complexity index is 210. The van der Waals surface area contributed by atoms with Gasteiger partial charge in [0.15, 0.2) is 0 Å². The molecule has 0 rings (SSSR count). The molecule has 0 aromatic carbocycles. The van der Waals surface area contributed by atoms with Gasteiger partial charge in [0.1, 0.15) is 6.04 Å². The normalized spacial score (nSPS) is 11.9. The molecule has 0 unspecified atom stereocenters. The molecule has 0 aromatic rings. The third kappa shape index (κ3) is 7.02. The molecule has 0 bridgehead atoms. The summed E-state index contributed by atoms with van der Waals surface area (Å²) in [6, 6.07) is -0.896. The summed E-state index contributed by atoms with van der Waals surface area (Å²) in [4.78, 5) is 21.7. The van der Waals surface area contributed by atoms with Crippen molar-refractivity contribution < 1.29 is 19.4 Å². The Kier molecular flexibility index (Phi) is 7.81. The SMILES string of the molecule is CCOC(=O)N[C@@H](CCCCCl)C(=O)O. The lowest BCUT2D eigenvalue weighted by Crippen LogP contribution is -2.41. The van der Waals surface area contributed by atoms with Gasteiger partial charge in [-0.05, 0) is 26.2 Å². The smallest absolute Gasteiger partial charge is 0.407 e. The number of carboxylic acids is 1. The maximum Gasteiger partial charge on any atom is 0.407 e. The molecule has 0 aliphatic heterocycles. The molecule has 0 aromatic heterocycles. The Morgan fingerprint density at radius 3 is 2.60 bits per heavy atom. The number of alkyl carbamates (subject to hydrolysis) is 1. The second kappa shape index (κ2) is 8.35. The lowest BCUT2D eigenvalue weighted by atomic mass is 10.1. The van der Waals surface area contributed by atoms with Crippen LogP contribution in [0.25, 0.3) is 0 Å². The molecule has 1 atom stereocenters. The van der Waals surface area contributed by atoms with Gasteiger partial charge in [-0.3, -0.25) is 0 Å². The Balaban J connectivity index is 3.93. The standard InChI is InChI=1S/C9H16ClNO4/c1-2-15-9(14)11-7(8(12)13)5-3-4-6-10/h7H,2-6H2,1H3,(H,11,14)(H,12,13)/t7-/m0/s1. The molecule has 0 saturated carbocycles. The zero-order valence-electron chi connectivity index (χ0n) is 8.66. The van der Waals surface area contributed by atoms with Gasteiger partial charge < -0.3 is 15.2 Å². The van der Waals surface area contributed by atoms with Crippen LogP contribution in [-0.4, -0.2) is 35.7 Å². The summed E-state index contributed by atoms with van der Waals surface area (Å²) in [5.74, 6) is -0.566. The lowest BCUT2D eigenvalue weighted by Gasteiger charge is -2.13. The zero-order chi connectivity index (χ0) is 11.7.